The van der Waals surface area contributed by atoms with Gasteiger partial charge >= 0.3 is 0 Å². The van der Waals surface area contributed by atoms with Crippen LogP contribution in [-0.4, -0.2) is 11.1 Å². The molecule has 3 nitrogen and oxygen atoms in total. The van der Waals surface area contributed by atoms with E-state index in [9.17, 15) is 0 Å². The normalized spacial score (nSPS) is 17.3. The lowest BCUT2D eigenvalue weighted by Crippen LogP contribution is -2.10. The second-order valence-corrected chi connectivity index (χ2v) is 10.1. The van der Waals surface area contributed by atoms with E-state index in [1.54, 1.807) is 0 Å². The highest BCUT2D eigenvalue weighted by molar-refractivity contribution is 6.14. The van der Waals surface area contributed by atoms with E-state index in [4.69, 9.17) is 4.74 Å². The van der Waals surface area contributed by atoms with Gasteiger partial charge in [-0.3, -0.25) is 0 Å². The zero-order chi connectivity index (χ0) is 25.1. The van der Waals surface area contributed by atoms with Crippen molar-refractivity contribution in [3.8, 4) is 11.5 Å². The van der Waals surface area contributed by atoms with E-state index < -0.39 is 0 Å². The van der Waals surface area contributed by atoms with Crippen LogP contribution in [0.5, 0.6) is 11.5 Å². The van der Waals surface area contributed by atoms with E-state index in [0.717, 1.165) is 35.6 Å². The number of benzene rings is 4. The molecule has 3 heterocycles. The van der Waals surface area contributed by atoms with Crippen molar-refractivity contribution >= 4 is 51.4 Å². The Kier molecular flexibility index (Phi) is 4.71. The molecule has 1 unspecified atom stereocenters. The van der Waals surface area contributed by atoms with E-state index in [0.29, 0.717) is 5.92 Å². The number of nitrogens with zero attached hydrogens (tertiary/aromatic N) is 1. The Morgan fingerprint density at radius 1 is 0.711 bits per heavy atom. The first-order chi connectivity index (χ1) is 18.8. The van der Waals surface area contributed by atoms with E-state index in [1.807, 2.05) is 12.1 Å². The van der Waals surface area contributed by atoms with Crippen LogP contribution in [0.1, 0.15) is 34.6 Å². The third-order valence-corrected chi connectivity index (χ3v) is 7.95. The third-order valence-electron chi connectivity index (χ3n) is 7.95. The van der Waals surface area contributed by atoms with E-state index in [-0.39, 0.29) is 0 Å². The lowest BCUT2D eigenvalue weighted by atomic mass is 9.86. The van der Waals surface area contributed by atoms with Gasteiger partial charge in [0.15, 0.2) is 0 Å². The van der Waals surface area contributed by atoms with Crippen LogP contribution in [0.2, 0.25) is 0 Å². The zero-order valence-corrected chi connectivity index (χ0v) is 20.9. The molecule has 1 atom stereocenters. The Hall–Kier alpha value is -4.76. The topological polar surface area (TPSA) is 26.2 Å². The van der Waals surface area contributed by atoms with E-state index >= 15 is 0 Å². The Balaban J connectivity index is 1.36. The highest BCUT2D eigenvalue weighted by Crippen LogP contribution is 2.44. The number of nitrogens with one attached hydrogen (secondary N) is 1. The molecule has 0 saturated carbocycles. The maximum atomic E-state index is 6.47. The molecule has 182 valence electrons. The highest BCUT2D eigenvalue weighted by atomic mass is 16.5. The first kappa shape index (κ1) is 21.3. The van der Waals surface area contributed by atoms with Gasteiger partial charge < -0.3 is 14.6 Å². The van der Waals surface area contributed by atoms with Crippen LogP contribution >= 0.6 is 0 Å². The summed E-state index contributed by atoms with van der Waals surface area (Å²) in [5, 5.41) is 6.01. The van der Waals surface area contributed by atoms with Crippen LogP contribution in [0.15, 0.2) is 103 Å². The second kappa shape index (κ2) is 8.39. The molecule has 38 heavy (non-hydrogen) atoms. The summed E-state index contributed by atoms with van der Waals surface area (Å²) in [6.07, 6.45) is 16.9. The molecular formula is C35H26N2O. The molecule has 1 aliphatic carbocycles. The Morgan fingerprint density at radius 2 is 1.63 bits per heavy atom. The third kappa shape index (κ3) is 3.22. The molecule has 3 heteroatoms. The lowest BCUT2D eigenvalue weighted by molar-refractivity contribution is 0.482. The fraction of sp³-hybridized carbons (Fsp3) is 0.0857. The van der Waals surface area contributed by atoms with Crippen molar-refractivity contribution in [2.24, 2.45) is 0 Å². The number of ether oxygens (including phenoxy) is 1. The molecule has 4 aromatic carbocycles. The fourth-order valence-electron chi connectivity index (χ4n) is 6.21. The quantitative estimate of drug-likeness (QED) is 0.262. The predicted octanol–water partition coefficient (Wildman–Crippen LogP) is 9.09. The van der Waals surface area contributed by atoms with Gasteiger partial charge in [0, 0.05) is 51.3 Å². The van der Waals surface area contributed by atoms with Crippen molar-refractivity contribution in [1.82, 2.24) is 4.57 Å². The van der Waals surface area contributed by atoms with Gasteiger partial charge in [-0.2, -0.15) is 0 Å². The van der Waals surface area contributed by atoms with Crippen LogP contribution in [0.4, 0.5) is 5.69 Å². The van der Waals surface area contributed by atoms with Gasteiger partial charge in [0.2, 0.25) is 0 Å². The van der Waals surface area contributed by atoms with Crippen LogP contribution in [0.3, 0.4) is 0 Å². The largest absolute Gasteiger partial charge is 0.456 e. The predicted molar refractivity (Wildman–Crippen MR) is 160 cm³/mol. The minimum Gasteiger partial charge on any atom is -0.456 e. The fourth-order valence-corrected chi connectivity index (χ4v) is 6.21. The maximum absolute atomic E-state index is 6.47. The van der Waals surface area contributed by atoms with Crippen LogP contribution < -0.4 is 10.1 Å². The van der Waals surface area contributed by atoms with E-state index in [2.05, 4.69) is 119 Å². The molecule has 5 aromatic rings. The van der Waals surface area contributed by atoms with Gasteiger partial charge in [-0.05, 0) is 54.5 Å². The number of anilines is 1. The summed E-state index contributed by atoms with van der Waals surface area (Å²) in [6.45, 7) is 0.883. The minimum absolute atomic E-state index is 0.295. The van der Waals surface area contributed by atoms with Gasteiger partial charge in [-0.25, -0.2) is 0 Å². The van der Waals surface area contributed by atoms with Crippen molar-refractivity contribution in [3.05, 3.63) is 125 Å². The number of fused-ring (bicyclic) bond motifs is 7. The maximum Gasteiger partial charge on any atom is 0.136 e. The van der Waals surface area contributed by atoms with Gasteiger partial charge in [-0.15, -0.1) is 0 Å². The number of para-hydroxylation sites is 2. The average Bonchev–Trinajstić information content (AvgIpc) is 3.19. The number of hydrogen-bond acceptors (Lipinski definition) is 2. The van der Waals surface area contributed by atoms with Crippen LogP contribution in [0.25, 0.3) is 45.7 Å². The van der Waals surface area contributed by atoms with Gasteiger partial charge in [-0.1, -0.05) is 78.9 Å². The first-order valence-electron chi connectivity index (χ1n) is 13.3. The number of rotatable bonds is 2. The first-order valence-corrected chi connectivity index (χ1v) is 13.3. The molecule has 0 saturated heterocycles. The van der Waals surface area contributed by atoms with E-state index in [1.165, 1.54) is 44.3 Å². The molecule has 1 N–H and O–H groups in total. The van der Waals surface area contributed by atoms with Crippen molar-refractivity contribution in [1.29, 1.82) is 0 Å². The summed E-state index contributed by atoms with van der Waals surface area (Å²) < 4.78 is 8.90. The summed E-state index contributed by atoms with van der Waals surface area (Å²) in [5.41, 5.74) is 9.67. The molecule has 8 rings (SSSR count). The molecule has 0 radical (unpaired) electrons. The lowest BCUT2D eigenvalue weighted by Gasteiger charge is -2.24. The van der Waals surface area contributed by atoms with Crippen molar-refractivity contribution in [3.63, 3.8) is 0 Å². The number of aromatic nitrogens is 1. The molecule has 0 spiro atoms. The number of hydrogen-bond donors (Lipinski definition) is 1. The Labute approximate surface area is 221 Å². The van der Waals surface area contributed by atoms with Crippen LogP contribution in [0, 0.1) is 0 Å². The average molecular weight is 491 g/mol. The van der Waals surface area contributed by atoms with Crippen molar-refractivity contribution < 1.29 is 4.74 Å². The summed E-state index contributed by atoms with van der Waals surface area (Å²) >= 11 is 0. The molecule has 2 aliphatic heterocycles. The molecule has 0 fully saturated rings. The summed E-state index contributed by atoms with van der Waals surface area (Å²) in [5.74, 6) is 2.06. The molecule has 0 bridgehead atoms. The monoisotopic (exact) mass is 490 g/mol. The summed E-state index contributed by atoms with van der Waals surface area (Å²) in [7, 11) is 0. The zero-order valence-electron chi connectivity index (χ0n) is 20.9. The Morgan fingerprint density at radius 3 is 2.63 bits per heavy atom. The summed E-state index contributed by atoms with van der Waals surface area (Å²) in [4.78, 5) is 0. The molecule has 0 amide bonds. The summed E-state index contributed by atoms with van der Waals surface area (Å²) in [6, 6.07) is 27.9. The smallest absolute Gasteiger partial charge is 0.136 e. The van der Waals surface area contributed by atoms with Crippen molar-refractivity contribution in [2.75, 3.05) is 11.9 Å². The second-order valence-electron chi connectivity index (χ2n) is 10.1. The van der Waals surface area contributed by atoms with Crippen molar-refractivity contribution in [2.45, 2.75) is 12.3 Å². The minimum atomic E-state index is 0.295. The van der Waals surface area contributed by atoms with Gasteiger partial charge in [0.25, 0.3) is 0 Å². The van der Waals surface area contributed by atoms with Gasteiger partial charge in [0.1, 0.15) is 11.5 Å². The standard InChI is InChI=1S/C35H26N2O/c1-4-16-33-23(8-1)17-18-30-34(38-33)20-19-29-28-11-2-3-15-32(28)37(35(29)30)25-10-5-9-24(22-25)26-12-6-14-31-27(26)13-7-21-36-31/h1-8,10-20,22,24,36H,9,21H2. The Bertz CT molecular complexity index is 1880. The molecule has 3 aliphatic rings. The molecule has 1 aromatic heterocycles. The van der Waals surface area contributed by atoms with Gasteiger partial charge in [0.05, 0.1) is 11.0 Å². The molecular weight excluding hydrogens is 464 g/mol. The van der Waals surface area contributed by atoms with Crippen LogP contribution in [-0.2, 0) is 0 Å². The number of allylic oxidation sites excluding steroid dienone is 4. The SMILES string of the molecule is C1=Cc2c(cccc2C2C=C(n3c4ccccc4c4ccc5c(c43)C=Cc3ccccc3O5)C=CC2)NC1. The highest BCUT2D eigenvalue weighted by Gasteiger charge is 2.23.